The predicted molar refractivity (Wildman–Crippen MR) is 84.0 cm³/mol. The number of carbonyl (C=O) groups is 1. The Kier molecular flexibility index (Phi) is 16.2. The minimum atomic E-state index is -0.171. The first-order valence-corrected chi connectivity index (χ1v) is 8.17. The Morgan fingerprint density at radius 2 is 1.23 bits per heavy atom. The summed E-state index contributed by atoms with van der Waals surface area (Å²) in [5.41, 5.74) is 0. The highest BCUT2D eigenvalue weighted by molar-refractivity contribution is 5.69. The molecule has 0 unspecified atom stereocenters. The van der Waals surface area contributed by atoms with Crippen LogP contribution in [-0.4, -0.2) is 64.9 Å². The fourth-order valence-electron chi connectivity index (χ4n) is 1.55. The summed E-state index contributed by atoms with van der Waals surface area (Å²) >= 11 is 0. The summed E-state index contributed by atoms with van der Waals surface area (Å²) in [4.78, 5) is 11.2. The van der Waals surface area contributed by atoms with Gasteiger partial charge in [-0.2, -0.15) is 0 Å². The molecule has 0 spiro atoms. The third-order valence-electron chi connectivity index (χ3n) is 2.50. The molecular formula is C16H32O6. The quantitative estimate of drug-likeness (QED) is 0.321. The van der Waals surface area contributed by atoms with Crippen molar-refractivity contribution < 1.29 is 28.5 Å². The van der Waals surface area contributed by atoms with E-state index in [1.165, 1.54) is 0 Å². The molecule has 6 heteroatoms. The average molecular weight is 320 g/mol. The van der Waals surface area contributed by atoms with Gasteiger partial charge in [-0.15, -0.1) is 0 Å². The number of hydrogen-bond donors (Lipinski definition) is 0. The van der Waals surface area contributed by atoms with E-state index in [2.05, 4.69) is 6.92 Å². The van der Waals surface area contributed by atoms with E-state index in [9.17, 15) is 4.79 Å². The fraction of sp³-hybridized carbons (Fsp3) is 0.938. The lowest BCUT2D eigenvalue weighted by molar-refractivity contribution is -0.147. The lowest BCUT2D eigenvalue weighted by Gasteiger charge is -2.08. The van der Waals surface area contributed by atoms with Crippen molar-refractivity contribution in [2.75, 3.05) is 52.9 Å². The van der Waals surface area contributed by atoms with E-state index in [0.29, 0.717) is 59.1 Å². The Hall–Kier alpha value is -0.690. The molecule has 0 saturated carbocycles. The van der Waals surface area contributed by atoms with Gasteiger partial charge < -0.3 is 23.7 Å². The largest absolute Gasteiger partial charge is 0.463 e. The van der Waals surface area contributed by atoms with Crippen LogP contribution < -0.4 is 0 Å². The molecule has 0 aliphatic heterocycles. The number of carbonyl (C=O) groups excluding carboxylic acids is 1. The molecule has 0 N–H and O–H groups in total. The van der Waals surface area contributed by atoms with Crippen molar-refractivity contribution in [1.82, 2.24) is 0 Å². The van der Waals surface area contributed by atoms with E-state index in [0.717, 1.165) is 13.0 Å². The van der Waals surface area contributed by atoms with Gasteiger partial charge in [-0.05, 0) is 26.7 Å². The highest BCUT2D eigenvalue weighted by atomic mass is 16.6. The van der Waals surface area contributed by atoms with Crippen molar-refractivity contribution in [1.29, 1.82) is 0 Å². The van der Waals surface area contributed by atoms with E-state index >= 15 is 0 Å². The van der Waals surface area contributed by atoms with Crippen molar-refractivity contribution in [3.05, 3.63) is 0 Å². The lowest BCUT2D eigenvalue weighted by Crippen LogP contribution is -2.13. The number of hydrogen-bond acceptors (Lipinski definition) is 6. The monoisotopic (exact) mass is 320 g/mol. The molecule has 0 atom stereocenters. The number of rotatable bonds is 16. The molecule has 0 aromatic heterocycles. The number of ether oxygens (including phenoxy) is 5. The van der Waals surface area contributed by atoms with Crippen LogP contribution in [0.2, 0.25) is 0 Å². The van der Waals surface area contributed by atoms with Crippen molar-refractivity contribution in [3.8, 4) is 0 Å². The summed E-state index contributed by atoms with van der Waals surface area (Å²) in [7, 11) is 0. The van der Waals surface area contributed by atoms with Crippen molar-refractivity contribution in [3.63, 3.8) is 0 Å². The molecule has 0 heterocycles. The van der Waals surface area contributed by atoms with E-state index in [4.69, 9.17) is 23.7 Å². The molecule has 0 fully saturated rings. The Labute approximate surface area is 134 Å². The lowest BCUT2D eigenvalue weighted by atomic mass is 10.3. The Morgan fingerprint density at radius 3 is 1.68 bits per heavy atom. The molecule has 0 aliphatic rings. The first-order valence-electron chi connectivity index (χ1n) is 8.17. The van der Waals surface area contributed by atoms with Gasteiger partial charge in [0, 0.05) is 19.6 Å². The summed E-state index contributed by atoms with van der Waals surface area (Å²) in [6.45, 7) is 10.5. The van der Waals surface area contributed by atoms with E-state index in [1.54, 1.807) is 0 Å². The summed E-state index contributed by atoms with van der Waals surface area (Å²) in [5, 5.41) is 0. The second-order valence-corrected chi connectivity index (χ2v) is 5.09. The highest BCUT2D eigenvalue weighted by Gasteiger charge is 2.04. The van der Waals surface area contributed by atoms with Gasteiger partial charge in [0.2, 0.25) is 0 Å². The summed E-state index contributed by atoms with van der Waals surface area (Å²) < 4.78 is 26.4. The molecule has 0 aliphatic carbocycles. The molecule has 0 amide bonds. The van der Waals surface area contributed by atoms with Gasteiger partial charge in [0.25, 0.3) is 0 Å². The van der Waals surface area contributed by atoms with Gasteiger partial charge in [0.1, 0.15) is 0 Å². The van der Waals surface area contributed by atoms with Crippen LogP contribution in [0.3, 0.4) is 0 Å². The zero-order valence-electron chi connectivity index (χ0n) is 14.3. The molecule has 0 aromatic carbocycles. The van der Waals surface area contributed by atoms with Crippen molar-refractivity contribution in [2.45, 2.75) is 46.1 Å². The normalized spacial score (nSPS) is 11.1. The molecule has 0 saturated heterocycles. The maximum atomic E-state index is 11.2. The minimum absolute atomic E-state index is 0.0535. The van der Waals surface area contributed by atoms with Gasteiger partial charge in [0.05, 0.1) is 45.7 Å². The highest BCUT2D eigenvalue weighted by Crippen LogP contribution is 1.97. The zero-order chi connectivity index (χ0) is 16.5. The summed E-state index contributed by atoms with van der Waals surface area (Å²) in [5.74, 6) is -0.171. The molecule has 132 valence electrons. The summed E-state index contributed by atoms with van der Waals surface area (Å²) in [6.07, 6.45) is 2.05. The van der Waals surface area contributed by atoms with E-state index in [-0.39, 0.29) is 12.1 Å². The van der Waals surface area contributed by atoms with Crippen molar-refractivity contribution in [2.24, 2.45) is 0 Å². The van der Waals surface area contributed by atoms with E-state index in [1.807, 2.05) is 13.8 Å². The Morgan fingerprint density at radius 1 is 0.773 bits per heavy atom. The van der Waals surface area contributed by atoms with Crippen LogP contribution in [0.25, 0.3) is 0 Å². The maximum absolute atomic E-state index is 11.2. The molecular weight excluding hydrogens is 288 g/mol. The van der Waals surface area contributed by atoms with Crippen LogP contribution in [-0.2, 0) is 28.5 Å². The van der Waals surface area contributed by atoms with Crippen LogP contribution in [0.1, 0.15) is 40.0 Å². The summed E-state index contributed by atoms with van der Waals surface area (Å²) in [6, 6.07) is 0. The van der Waals surface area contributed by atoms with Crippen LogP contribution in [0.15, 0.2) is 0 Å². The first-order chi connectivity index (χ1) is 10.7. The smallest absolute Gasteiger partial charge is 0.306 e. The second-order valence-electron chi connectivity index (χ2n) is 5.09. The van der Waals surface area contributed by atoms with Gasteiger partial charge in [-0.3, -0.25) is 4.79 Å². The van der Waals surface area contributed by atoms with Crippen LogP contribution in [0.4, 0.5) is 0 Å². The van der Waals surface area contributed by atoms with Gasteiger partial charge in [0.15, 0.2) is 0 Å². The molecule has 0 aromatic rings. The standard InChI is InChI=1S/C16H32O6/c1-4-7-18-9-11-20-13-14-21-12-10-19-8-5-6-16(17)22-15(2)3/h15H,4-14H2,1-3H3. The van der Waals surface area contributed by atoms with Gasteiger partial charge in [-0.1, -0.05) is 6.92 Å². The van der Waals surface area contributed by atoms with Crippen LogP contribution >= 0.6 is 0 Å². The third-order valence-corrected chi connectivity index (χ3v) is 2.50. The third kappa shape index (κ3) is 17.4. The maximum Gasteiger partial charge on any atom is 0.306 e. The van der Waals surface area contributed by atoms with Crippen LogP contribution in [0, 0.1) is 0 Å². The predicted octanol–water partition coefficient (Wildman–Crippen LogP) is 2.19. The van der Waals surface area contributed by atoms with Crippen molar-refractivity contribution >= 4 is 5.97 Å². The average Bonchev–Trinajstić information content (AvgIpc) is 2.47. The Balaban J connectivity index is 3.07. The van der Waals surface area contributed by atoms with Gasteiger partial charge >= 0.3 is 5.97 Å². The zero-order valence-corrected chi connectivity index (χ0v) is 14.3. The molecule has 0 radical (unpaired) electrons. The number of esters is 1. The van der Waals surface area contributed by atoms with E-state index < -0.39 is 0 Å². The molecule has 6 nitrogen and oxygen atoms in total. The fourth-order valence-corrected chi connectivity index (χ4v) is 1.55. The topological polar surface area (TPSA) is 63.2 Å². The molecule has 22 heavy (non-hydrogen) atoms. The van der Waals surface area contributed by atoms with Gasteiger partial charge in [-0.25, -0.2) is 0 Å². The SMILES string of the molecule is CCCOCCOCCOCCOCCCC(=O)OC(C)C. The minimum Gasteiger partial charge on any atom is -0.463 e. The molecule has 0 bridgehead atoms. The van der Waals surface area contributed by atoms with Crippen LogP contribution in [0.5, 0.6) is 0 Å². The second kappa shape index (κ2) is 16.7. The molecule has 0 rings (SSSR count). The first kappa shape index (κ1) is 21.3. The Bertz CT molecular complexity index is 245.